The number of aryl methyl sites for hydroxylation is 10. The van der Waals surface area contributed by atoms with Gasteiger partial charge in [-0.3, -0.25) is 24.9 Å². The fraction of sp³-hybridized carbons (Fsp3) is 0.147. The van der Waals surface area contributed by atoms with Crippen molar-refractivity contribution in [1.82, 2.24) is 49.8 Å². The van der Waals surface area contributed by atoms with E-state index >= 15 is 0 Å². The molecule has 0 radical (unpaired) electrons. The van der Waals surface area contributed by atoms with E-state index in [1.165, 1.54) is 161 Å². The van der Waals surface area contributed by atoms with Gasteiger partial charge in [0.05, 0.1) is 85.4 Å². The third kappa shape index (κ3) is 23.8. The van der Waals surface area contributed by atoms with Gasteiger partial charge in [-0.15, -0.1) is 0 Å². The number of pyridine rings is 10. The summed E-state index contributed by atoms with van der Waals surface area (Å²) in [4.78, 5) is 47.9. The Balaban J connectivity index is 0.000000127. The van der Waals surface area contributed by atoms with Crippen LogP contribution in [0.4, 0.5) is 0 Å². The van der Waals surface area contributed by atoms with Gasteiger partial charge in [-0.1, -0.05) is 281 Å². The molecule has 10 heteroatoms. The summed E-state index contributed by atoms with van der Waals surface area (Å²) in [6, 6.07) is 125. The van der Waals surface area contributed by atoms with Crippen LogP contribution < -0.4 is 0 Å². The van der Waals surface area contributed by atoms with Crippen LogP contribution in [0.3, 0.4) is 0 Å². The SMILES string of the molecule is Cc1c(C)c(C)c(-c2cccc(-c3cccc(-c4c(C)c(C)c(C)c(C)c4C)n3)n2)c(C)c1C.Cc1ccc(C)c(-c2ccc(-c3ccccn3)nc2)c1.Cc1ccc(C)c(-c2cccc(-c3cccc(-c4ccccn4)n3)c2)c1.Cc1cccc(-c2cc(-c3cccc(C)c3)nc(-c3cc(-c4cccc(C)c4)cc(-c4cccc(C)c4)n3)c2)c1.Cc1cccc(-c2ccc(-c3ccc(-c4cccc(C)c4)cn3)nc2)c1. The molecule has 0 unspecified atom stereocenters. The molecule has 10 heterocycles. The van der Waals surface area contributed by atoms with E-state index in [1.54, 1.807) is 12.4 Å². The zero-order valence-corrected chi connectivity index (χ0v) is 87.4. The Hall–Kier alpha value is -17.1. The maximum absolute atomic E-state index is 5.21. The molecule has 0 saturated carbocycles. The topological polar surface area (TPSA) is 129 Å². The minimum atomic E-state index is 0.860. The van der Waals surface area contributed by atoms with E-state index in [0.717, 1.165) is 130 Å². The first kappa shape index (κ1) is 100. The van der Waals surface area contributed by atoms with Crippen LogP contribution in [0.1, 0.15) is 111 Å². The highest BCUT2D eigenvalue weighted by atomic mass is 14.8. The minimum absolute atomic E-state index is 0.860. The average molecular weight is 1900 g/mol. The van der Waals surface area contributed by atoms with E-state index in [9.17, 15) is 0 Å². The van der Waals surface area contributed by atoms with E-state index in [4.69, 9.17) is 24.9 Å². The summed E-state index contributed by atoms with van der Waals surface area (Å²) in [5.74, 6) is 0. The van der Waals surface area contributed by atoms with Gasteiger partial charge in [0, 0.05) is 75.5 Å². The van der Waals surface area contributed by atoms with Gasteiger partial charge in [0.2, 0.25) is 0 Å². The Bertz CT molecular complexity index is 7790. The number of benzene rings is 11. The fourth-order valence-corrected chi connectivity index (χ4v) is 18.9. The summed E-state index contributed by atoms with van der Waals surface area (Å²) in [7, 11) is 0. The molecule has 11 aromatic carbocycles. The molecule has 0 bridgehead atoms. The van der Waals surface area contributed by atoms with Crippen molar-refractivity contribution in [3.05, 3.63) is 500 Å². The quantitative estimate of drug-likeness (QED) is 0.0922. The lowest BCUT2D eigenvalue weighted by Crippen LogP contribution is -2.02. The summed E-state index contributed by atoms with van der Waals surface area (Å²) in [6.45, 7) is 43.4. The lowest BCUT2D eigenvalue weighted by molar-refractivity contribution is 1.15. The second kappa shape index (κ2) is 45.5. The van der Waals surface area contributed by atoms with Crippen molar-refractivity contribution in [2.75, 3.05) is 0 Å². The molecule has 0 saturated heterocycles. The lowest BCUT2D eigenvalue weighted by Gasteiger charge is -2.19. The molecule has 0 fully saturated rings. The van der Waals surface area contributed by atoms with E-state index in [2.05, 4.69) is 455 Å². The zero-order chi connectivity index (χ0) is 102. The Kier molecular flexibility index (Phi) is 31.3. The van der Waals surface area contributed by atoms with E-state index in [0.29, 0.717) is 0 Å². The normalized spacial score (nSPS) is 10.9. The highest BCUT2D eigenvalue weighted by Gasteiger charge is 2.22. The maximum Gasteiger partial charge on any atom is 0.0900 e. The first-order valence-electron chi connectivity index (χ1n) is 50.1. The molecule has 0 atom stereocenters. The van der Waals surface area contributed by atoms with Gasteiger partial charge in [-0.05, 0) is 377 Å². The van der Waals surface area contributed by atoms with Crippen LogP contribution in [0.15, 0.2) is 389 Å². The van der Waals surface area contributed by atoms with Gasteiger partial charge < -0.3 is 0 Å². The summed E-state index contributed by atoms with van der Waals surface area (Å²) in [5.41, 5.74) is 59.5. The van der Waals surface area contributed by atoms with Crippen LogP contribution in [0.2, 0.25) is 0 Å². The van der Waals surface area contributed by atoms with Crippen LogP contribution >= 0.6 is 0 Å². The first-order valence-corrected chi connectivity index (χ1v) is 50.1. The minimum Gasteiger partial charge on any atom is -0.255 e. The predicted molar refractivity (Wildman–Crippen MR) is 612 cm³/mol. The second-order valence-electron chi connectivity index (χ2n) is 38.6. The van der Waals surface area contributed by atoms with Crippen LogP contribution in [-0.4, -0.2) is 49.8 Å². The molecule has 0 aliphatic rings. The number of aromatic nitrogens is 10. The zero-order valence-electron chi connectivity index (χ0n) is 87.4. The van der Waals surface area contributed by atoms with Gasteiger partial charge in [-0.2, -0.15) is 0 Å². The number of nitrogens with zero attached hydrogens (tertiary/aromatic N) is 10. The third-order valence-electron chi connectivity index (χ3n) is 27.9. The standard InChI is InChI=1S/C38H32N2.C32H36N2.2C24H20N2.C18H16N2/c1-25-9-5-13-29(17-25)33-21-35(31-15-7-11-27(3)19-31)39-37(23-33)38-24-34(30-14-6-10-26(2)18-30)22-36(40-38)32-16-8-12-28(4)20-32;1-17-19(3)23(7)31(24(8)20(17)4)29-15-11-13-27(33-29)28-14-12-16-30(34-28)32-25(9)21(5)18(2)22(6)26(32)10;1-17-5-3-7-19(13-17)21-9-11-23(25-15-21)24-12-10-22(16-26-24)20-8-4-6-18(2)14-20;1-17-12-13-18(2)21(15-17)19-7-5-8-20(16-19)22-10-6-11-24(26-22)23-9-3-4-14-25-23;1-13-6-7-14(2)16(11-13)15-8-9-18(20-12-15)17-5-3-4-10-19-17/h5-24H,1-4H3;11-16H,1-10H3;2*3-16H,1-2H3;3-12H,1-2H3. The largest absolute Gasteiger partial charge is 0.255 e. The highest BCUT2D eigenvalue weighted by Crippen LogP contribution is 2.41. The van der Waals surface area contributed by atoms with E-state index in [1.807, 2.05) is 85.3 Å². The number of hydrogen-bond acceptors (Lipinski definition) is 10. The number of rotatable bonds is 16. The molecular weight excluding hydrogens is 1770 g/mol. The van der Waals surface area contributed by atoms with Crippen molar-refractivity contribution < 1.29 is 0 Å². The van der Waals surface area contributed by atoms with Crippen LogP contribution in [-0.2, 0) is 0 Å². The van der Waals surface area contributed by atoms with E-state index in [-0.39, 0.29) is 0 Å². The summed E-state index contributed by atoms with van der Waals surface area (Å²) >= 11 is 0. The molecule has 10 aromatic heterocycles. The molecule has 21 aromatic rings. The summed E-state index contributed by atoms with van der Waals surface area (Å²) in [5, 5.41) is 0. The molecule has 10 nitrogen and oxygen atoms in total. The van der Waals surface area contributed by atoms with Gasteiger partial charge in [-0.25, -0.2) is 24.9 Å². The van der Waals surface area contributed by atoms with Crippen LogP contribution in [0.5, 0.6) is 0 Å². The van der Waals surface area contributed by atoms with Gasteiger partial charge in [0.1, 0.15) is 0 Å². The Morgan fingerprint density at radius 1 is 0.130 bits per heavy atom. The third-order valence-corrected chi connectivity index (χ3v) is 27.9. The monoisotopic (exact) mass is 1900 g/mol. The lowest BCUT2D eigenvalue weighted by atomic mass is 9.88. The smallest absolute Gasteiger partial charge is 0.0900 e. The molecule has 718 valence electrons. The van der Waals surface area contributed by atoms with Crippen molar-refractivity contribution in [2.45, 2.75) is 138 Å². The van der Waals surface area contributed by atoms with Crippen molar-refractivity contribution in [1.29, 1.82) is 0 Å². The fourth-order valence-electron chi connectivity index (χ4n) is 18.9. The van der Waals surface area contributed by atoms with Gasteiger partial charge >= 0.3 is 0 Å². The highest BCUT2D eigenvalue weighted by molar-refractivity contribution is 5.84. The Morgan fingerprint density at radius 3 is 0.740 bits per heavy atom. The molecule has 0 N–H and O–H groups in total. The predicted octanol–water partition coefficient (Wildman–Crippen LogP) is 35.2. The molecular formula is C136H124N10. The van der Waals surface area contributed by atoms with Crippen LogP contribution in [0, 0.1) is 138 Å². The van der Waals surface area contributed by atoms with Crippen molar-refractivity contribution in [2.24, 2.45) is 0 Å². The molecule has 0 aliphatic carbocycles. The molecule has 0 aliphatic heterocycles. The molecule has 0 spiro atoms. The molecule has 21 rings (SSSR count). The Morgan fingerprint density at radius 2 is 0.384 bits per heavy atom. The van der Waals surface area contributed by atoms with Gasteiger partial charge in [0.15, 0.2) is 0 Å². The van der Waals surface area contributed by atoms with Crippen LogP contribution in [0.25, 0.3) is 180 Å². The average Bonchev–Trinajstić information content (AvgIpc) is 0.772. The first-order chi connectivity index (χ1) is 70.6. The Labute approximate surface area is 862 Å². The summed E-state index contributed by atoms with van der Waals surface area (Å²) < 4.78 is 0. The molecule has 146 heavy (non-hydrogen) atoms. The second-order valence-corrected chi connectivity index (χ2v) is 38.6. The van der Waals surface area contributed by atoms with Gasteiger partial charge in [0.25, 0.3) is 0 Å². The maximum atomic E-state index is 5.21. The van der Waals surface area contributed by atoms with Crippen molar-refractivity contribution >= 4 is 0 Å². The summed E-state index contributed by atoms with van der Waals surface area (Å²) in [6.07, 6.45) is 9.34. The molecule has 0 amide bonds. The van der Waals surface area contributed by atoms with Crippen molar-refractivity contribution in [3.63, 3.8) is 0 Å². The van der Waals surface area contributed by atoms with E-state index < -0.39 is 0 Å². The van der Waals surface area contributed by atoms with Crippen molar-refractivity contribution in [3.8, 4) is 180 Å². The number of hydrogen-bond donors (Lipinski definition) is 0.